The Kier molecular flexibility index (Phi) is 6.85. The van der Waals surface area contributed by atoms with Crippen molar-refractivity contribution >= 4 is 18.1 Å². The maximum absolute atomic E-state index is 13.1. The van der Waals surface area contributed by atoms with Crippen molar-refractivity contribution < 1.29 is 9.53 Å². The number of para-hydroxylation sites is 1. The molecule has 3 rings (SSSR count). The summed E-state index contributed by atoms with van der Waals surface area (Å²) in [5.74, 6) is 2.02. The van der Waals surface area contributed by atoms with Crippen LogP contribution >= 0.6 is 12.2 Å². The highest BCUT2D eigenvalue weighted by molar-refractivity contribution is 7.71. The number of H-pyrrole nitrogens is 1. The van der Waals surface area contributed by atoms with Crippen molar-refractivity contribution in [3.8, 4) is 5.75 Å². The minimum absolute atomic E-state index is 0.0354. The molecule has 0 saturated carbocycles. The van der Waals surface area contributed by atoms with Crippen LogP contribution in [0.4, 0.5) is 0 Å². The number of aromatic amines is 1. The minimum Gasteiger partial charge on any atom is -0.491 e. The number of amides is 1. The van der Waals surface area contributed by atoms with E-state index in [0.717, 1.165) is 31.8 Å². The molecule has 152 valence electrons. The summed E-state index contributed by atoms with van der Waals surface area (Å²) >= 11 is 5.30. The maximum Gasteiger partial charge on any atom is 0.257 e. The summed E-state index contributed by atoms with van der Waals surface area (Å²) in [5.41, 5.74) is 0.635. The van der Waals surface area contributed by atoms with Gasteiger partial charge >= 0.3 is 0 Å². The summed E-state index contributed by atoms with van der Waals surface area (Å²) in [4.78, 5) is 17.1. The Morgan fingerprint density at radius 1 is 1.32 bits per heavy atom. The van der Waals surface area contributed by atoms with Crippen molar-refractivity contribution in [2.75, 3.05) is 40.3 Å². The molecule has 1 N–H and O–H groups in total. The number of likely N-dealkylation sites (tertiary alicyclic amines) is 1. The number of benzene rings is 1. The van der Waals surface area contributed by atoms with Crippen molar-refractivity contribution in [2.24, 2.45) is 0 Å². The van der Waals surface area contributed by atoms with E-state index in [2.05, 4.69) is 22.0 Å². The Hall–Kier alpha value is -2.19. The van der Waals surface area contributed by atoms with E-state index in [9.17, 15) is 4.79 Å². The summed E-state index contributed by atoms with van der Waals surface area (Å²) in [6.07, 6.45) is 1.77. The summed E-state index contributed by atoms with van der Waals surface area (Å²) in [5, 5.41) is 7.31. The Balaban J connectivity index is 1.65. The molecule has 28 heavy (non-hydrogen) atoms. The van der Waals surface area contributed by atoms with Gasteiger partial charge in [-0.25, -0.2) is 0 Å². The molecule has 1 aliphatic rings. The average Bonchev–Trinajstić information content (AvgIpc) is 3.08. The van der Waals surface area contributed by atoms with E-state index in [-0.39, 0.29) is 5.91 Å². The summed E-state index contributed by atoms with van der Waals surface area (Å²) in [7, 11) is 4.00. The van der Waals surface area contributed by atoms with Crippen molar-refractivity contribution in [3.05, 3.63) is 40.4 Å². The maximum atomic E-state index is 13.1. The van der Waals surface area contributed by atoms with E-state index in [0.29, 0.717) is 41.7 Å². The Morgan fingerprint density at radius 3 is 2.71 bits per heavy atom. The number of hydrogen-bond acceptors (Lipinski definition) is 5. The fraction of sp³-hybridized carbons (Fsp3) is 0.550. The summed E-state index contributed by atoms with van der Waals surface area (Å²) < 4.78 is 8.58. The normalized spacial score (nSPS) is 15.2. The van der Waals surface area contributed by atoms with Crippen LogP contribution in [-0.4, -0.2) is 70.8 Å². The molecule has 7 nitrogen and oxygen atoms in total. The molecule has 8 heteroatoms. The van der Waals surface area contributed by atoms with Gasteiger partial charge in [-0.05, 0) is 58.2 Å². The van der Waals surface area contributed by atoms with Crippen LogP contribution in [0.15, 0.2) is 24.3 Å². The van der Waals surface area contributed by atoms with E-state index < -0.39 is 0 Å². The molecule has 1 saturated heterocycles. The molecule has 0 unspecified atom stereocenters. The lowest BCUT2D eigenvalue weighted by atomic mass is 9.95. The van der Waals surface area contributed by atoms with E-state index in [4.69, 9.17) is 17.0 Å². The zero-order valence-electron chi connectivity index (χ0n) is 16.9. The van der Waals surface area contributed by atoms with Crippen LogP contribution < -0.4 is 4.74 Å². The second-order valence-electron chi connectivity index (χ2n) is 7.35. The number of rotatable bonds is 7. The Labute approximate surface area is 171 Å². The second kappa shape index (κ2) is 9.34. The first-order valence-electron chi connectivity index (χ1n) is 9.82. The topological polar surface area (TPSA) is 66.4 Å². The third-order valence-corrected chi connectivity index (χ3v) is 5.48. The summed E-state index contributed by atoms with van der Waals surface area (Å²) in [6.45, 7) is 5.65. The number of piperidine rings is 1. The van der Waals surface area contributed by atoms with Gasteiger partial charge in [0, 0.05) is 32.1 Å². The molecule has 2 aromatic rings. The lowest BCUT2D eigenvalue weighted by Crippen LogP contribution is -2.38. The number of ether oxygens (including phenoxy) is 1. The molecular formula is C20H29N5O2S. The first-order chi connectivity index (χ1) is 13.5. The number of aromatic nitrogens is 3. The van der Waals surface area contributed by atoms with Gasteiger partial charge in [0.25, 0.3) is 5.91 Å². The molecule has 1 fully saturated rings. The van der Waals surface area contributed by atoms with Gasteiger partial charge in [0.05, 0.1) is 5.56 Å². The van der Waals surface area contributed by atoms with Gasteiger partial charge in [0.15, 0.2) is 4.77 Å². The first kappa shape index (κ1) is 20.5. The van der Waals surface area contributed by atoms with Crippen molar-refractivity contribution in [1.29, 1.82) is 0 Å². The van der Waals surface area contributed by atoms with Crippen LogP contribution in [0.3, 0.4) is 0 Å². The van der Waals surface area contributed by atoms with Crippen LogP contribution in [0.2, 0.25) is 0 Å². The predicted molar refractivity (Wildman–Crippen MR) is 111 cm³/mol. The second-order valence-corrected chi connectivity index (χ2v) is 7.73. The molecule has 0 spiro atoms. The zero-order chi connectivity index (χ0) is 20.1. The number of carbonyl (C=O) groups excluding carboxylic acids is 1. The number of carbonyl (C=O) groups is 1. The van der Waals surface area contributed by atoms with Gasteiger partial charge in [-0.2, -0.15) is 5.10 Å². The molecule has 2 heterocycles. The van der Waals surface area contributed by atoms with Gasteiger partial charge in [-0.15, -0.1) is 0 Å². The smallest absolute Gasteiger partial charge is 0.257 e. The van der Waals surface area contributed by atoms with Gasteiger partial charge < -0.3 is 19.1 Å². The highest BCUT2D eigenvalue weighted by Gasteiger charge is 2.28. The van der Waals surface area contributed by atoms with Crippen LogP contribution in [-0.2, 0) is 6.54 Å². The number of nitrogens with one attached hydrogen (secondary N) is 1. The largest absolute Gasteiger partial charge is 0.491 e. The van der Waals surface area contributed by atoms with E-state index in [1.165, 1.54) is 0 Å². The molecule has 1 amide bonds. The van der Waals surface area contributed by atoms with Crippen LogP contribution in [0.1, 0.15) is 41.9 Å². The molecule has 0 bridgehead atoms. The Morgan fingerprint density at radius 2 is 2.04 bits per heavy atom. The van der Waals surface area contributed by atoms with Gasteiger partial charge in [0.1, 0.15) is 18.2 Å². The third-order valence-electron chi connectivity index (χ3n) is 5.16. The van der Waals surface area contributed by atoms with Crippen LogP contribution in [0.25, 0.3) is 0 Å². The lowest BCUT2D eigenvalue weighted by Gasteiger charge is -2.32. The molecule has 1 aromatic carbocycles. The number of nitrogens with zero attached hydrogens (tertiary/aromatic N) is 4. The standard InChI is InChI=1S/C20H29N5O2S/c1-4-25-18(21-22-20(25)28)15-9-11-24(12-10-15)19(26)16-7-5-6-8-17(16)27-14-13-23(2)3/h5-8,15H,4,9-14H2,1-3H3,(H,22,28). The predicted octanol–water partition coefficient (Wildman–Crippen LogP) is 2.92. The minimum atomic E-state index is 0.0354. The monoisotopic (exact) mass is 403 g/mol. The molecule has 0 aliphatic carbocycles. The highest BCUT2D eigenvalue weighted by atomic mass is 32.1. The zero-order valence-corrected chi connectivity index (χ0v) is 17.7. The molecule has 0 atom stereocenters. The van der Waals surface area contributed by atoms with Crippen LogP contribution in [0.5, 0.6) is 5.75 Å². The third kappa shape index (κ3) is 4.62. The average molecular weight is 404 g/mol. The Bertz CT molecular complexity index is 852. The quantitative estimate of drug-likeness (QED) is 0.720. The first-order valence-corrected chi connectivity index (χ1v) is 10.2. The molecule has 0 radical (unpaired) electrons. The van der Waals surface area contributed by atoms with Crippen molar-refractivity contribution in [3.63, 3.8) is 0 Å². The highest BCUT2D eigenvalue weighted by Crippen LogP contribution is 2.29. The SMILES string of the molecule is CCn1c(C2CCN(C(=O)c3ccccc3OCCN(C)C)CC2)n[nH]c1=S. The van der Waals surface area contributed by atoms with E-state index in [1.807, 2.05) is 47.8 Å². The fourth-order valence-corrected chi connectivity index (χ4v) is 3.83. The fourth-order valence-electron chi connectivity index (χ4n) is 3.57. The molecular weight excluding hydrogens is 374 g/mol. The number of hydrogen-bond donors (Lipinski definition) is 1. The molecule has 1 aromatic heterocycles. The van der Waals surface area contributed by atoms with Gasteiger partial charge in [-0.1, -0.05) is 12.1 Å². The lowest BCUT2D eigenvalue weighted by molar-refractivity contribution is 0.0705. The van der Waals surface area contributed by atoms with Crippen molar-refractivity contribution in [2.45, 2.75) is 32.2 Å². The van der Waals surface area contributed by atoms with Crippen LogP contribution in [0, 0.1) is 4.77 Å². The molecule has 1 aliphatic heterocycles. The van der Waals surface area contributed by atoms with E-state index in [1.54, 1.807) is 0 Å². The van der Waals surface area contributed by atoms with Crippen molar-refractivity contribution in [1.82, 2.24) is 24.6 Å². The van der Waals surface area contributed by atoms with Gasteiger partial charge in [0.2, 0.25) is 0 Å². The van der Waals surface area contributed by atoms with Gasteiger partial charge in [-0.3, -0.25) is 9.89 Å². The summed E-state index contributed by atoms with van der Waals surface area (Å²) in [6, 6.07) is 7.51. The van der Waals surface area contributed by atoms with E-state index >= 15 is 0 Å². The number of likely N-dealkylation sites (N-methyl/N-ethyl adjacent to an activating group) is 1.